The lowest BCUT2D eigenvalue weighted by atomic mass is 9.89. The third-order valence-corrected chi connectivity index (χ3v) is 5.50. The fourth-order valence-corrected chi connectivity index (χ4v) is 3.76. The number of aliphatic hydroxyl groups excluding tert-OH is 1. The maximum absolute atomic E-state index is 11.6. The number of carbonyl (C=O) groups excluding carboxylic acids is 2. The van der Waals surface area contributed by atoms with E-state index in [9.17, 15) is 14.7 Å². The molecule has 0 heterocycles. The molecule has 3 unspecified atom stereocenters. The van der Waals surface area contributed by atoms with Gasteiger partial charge < -0.3 is 24.1 Å². The van der Waals surface area contributed by atoms with E-state index in [0.717, 1.165) is 12.7 Å². The second-order valence-corrected chi connectivity index (χ2v) is 7.96. The van der Waals surface area contributed by atoms with Crippen LogP contribution in [0.15, 0.2) is 0 Å². The van der Waals surface area contributed by atoms with Crippen LogP contribution in [0.2, 0.25) is 0 Å². The first-order chi connectivity index (χ1) is 14.6. The van der Waals surface area contributed by atoms with Crippen LogP contribution in [0, 0.1) is 5.92 Å². The molecule has 0 aromatic carbocycles. The molecular weight excluding hydrogens is 408 g/mol. The van der Waals surface area contributed by atoms with Crippen molar-refractivity contribution in [3.8, 4) is 0 Å². The van der Waals surface area contributed by atoms with Crippen molar-refractivity contribution >= 4 is 29.8 Å². The van der Waals surface area contributed by atoms with Crippen molar-refractivity contribution in [2.75, 3.05) is 26.9 Å². The predicted molar refractivity (Wildman–Crippen MR) is 118 cm³/mol. The molecule has 0 radical (unpaired) electrons. The van der Waals surface area contributed by atoms with Gasteiger partial charge in [0.1, 0.15) is 6.10 Å². The zero-order valence-corrected chi connectivity index (χ0v) is 18.9. The minimum absolute atomic E-state index is 0.121. The fraction of sp³-hybridized carbons (Fsp3) is 0.857. The van der Waals surface area contributed by atoms with E-state index in [0.29, 0.717) is 12.5 Å². The molecule has 9 heteroatoms. The van der Waals surface area contributed by atoms with E-state index >= 15 is 0 Å². The Labute approximate surface area is 185 Å². The molecule has 30 heavy (non-hydrogen) atoms. The number of aliphatic hydroxyl groups is 1. The summed E-state index contributed by atoms with van der Waals surface area (Å²) in [5.41, 5.74) is 5.20. The Kier molecular flexibility index (Phi) is 16.0. The van der Waals surface area contributed by atoms with Gasteiger partial charge in [-0.2, -0.15) is 0 Å². The van der Waals surface area contributed by atoms with Gasteiger partial charge in [-0.1, -0.05) is 57.2 Å². The van der Waals surface area contributed by atoms with Gasteiger partial charge in [0.2, 0.25) is 5.91 Å². The van der Waals surface area contributed by atoms with Crippen LogP contribution in [-0.4, -0.2) is 68.0 Å². The van der Waals surface area contributed by atoms with Crippen LogP contribution < -0.4 is 10.9 Å². The highest BCUT2D eigenvalue weighted by molar-refractivity contribution is 7.79. The van der Waals surface area contributed by atoms with Crippen molar-refractivity contribution in [3.63, 3.8) is 0 Å². The molecule has 0 bridgehead atoms. The standard InChI is InChI=1S/C21H38N2O6S/c1-27-21(15-22-23-20(26)11-14-30)29-18(9-12-24)19(16-25)28-13-10-17-7-5-3-2-4-6-8-17/h14,16-19,21-22,24H,2-13,15H2,1H3,(H,23,26). The minimum atomic E-state index is -0.784. The number of rotatable bonds is 16. The summed E-state index contributed by atoms with van der Waals surface area (Å²) in [6.45, 7) is 0.508. The van der Waals surface area contributed by atoms with E-state index in [1.54, 1.807) is 0 Å². The number of ether oxygens (including phenoxy) is 3. The highest BCUT2D eigenvalue weighted by Gasteiger charge is 2.26. The van der Waals surface area contributed by atoms with Gasteiger partial charge in [-0.3, -0.25) is 10.2 Å². The third-order valence-electron chi connectivity index (χ3n) is 5.33. The van der Waals surface area contributed by atoms with Gasteiger partial charge in [-0.25, -0.2) is 5.43 Å². The number of nitrogens with one attached hydrogen (secondary N) is 2. The Morgan fingerprint density at radius 2 is 1.93 bits per heavy atom. The van der Waals surface area contributed by atoms with E-state index in [-0.39, 0.29) is 31.9 Å². The highest BCUT2D eigenvalue weighted by atomic mass is 32.1. The van der Waals surface area contributed by atoms with Gasteiger partial charge >= 0.3 is 0 Å². The van der Waals surface area contributed by atoms with Gasteiger partial charge in [-0.15, -0.1) is 0 Å². The third kappa shape index (κ3) is 12.0. The molecule has 3 atom stereocenters. The van der Waals surface area contributed by atoms with Crippen molar-refractivity contribution in [3.05, 3.63) is 0 Å². The average molecular weight is 447 g/mol. The monoisotopic (exact) mass is 446 g/mol. The highest BCUT2D eigenvalue weighted by Crippen LogP contribution is 2.25. The quantitative estimate of drug-likeness (QED) is 0.143. The summed E-state index contributed by atoms with van der Waals surface area (Å²) in [4.78, 5) is 23.1. The molecule has 1 amide bonds. The van der Waals surface area contributed by atoms with Gasteiger partial charge in [0.15, 0.2) is 12.6 Å². The zero-order chi connectivity index (χ0) is 22.0. The SMILES string of the molecule is COC(CNNC(=O)CC=S)OC(CCO)C(C=O)OCCC1CCCCCCC1. The Hall–Kier alpha value is -0.970. The van der Waals surface area contributed by atoms with E-state index in [1.165, 1.54) is 57.4 Å². The minimum Gasteiger partial charge on any atom is -0.396 e. The molecule has 0 aromatic heterocycles. The van der Waals surface area contributed by atoms with Crippen molar-refractivity contribution in [1.29, 1.82) is 0 Å². The number of aldehydes is 1. The van der Waals surface area contributed by atoms with Crippen LogP contribution in [0.4, 0.5) is 0 Å². The molecule has 1 saturated carbocycles. The Bertz CT molecular complexity index is 474. The molecule has 0 aliphatic heterocycles. The van der Waals surface area contributed by atoms with Gasteiger partial charge in [0, 0.05) is 20.3 Å². The van der Waals surface area contributed by atoms with E-state index < -0.39 is 18.5 Å². The molecule has 174 valence electrons. The molecule has 3 N–H and O–H groups in total. The fourth-order valence-electron chi connectivity index (χ4n) is 3.61. The molecule has 0 aromatic rings. The van der Waals surface area contributed by atoms with E-state index in [1.807, 2.05) is 0 Å². The predicted octanol–water partition coefficient (Wildman–Crippen LogP) is 2.07. The number of amides is 1. The van der Waals surface area contributed by atoms with Crippen molar-refractivity contribution < 1.29 is 28.9 Å². The summed E-state index contributed by atoms with van der Waals surface area (Å²) in [6.07, 6.45) is 8.77. The zero-order valence-electron chi connectivity index (χ0n) is 18.1. The number of carbonyl (C=O) groups is 2. The smallest absolute Gasteiger partial charge is 0.238 e. The van der Waals surface area contributed by atoms with Crippen LogP contribution in [-0.2, 0) is 23.8 Å². The molecular formula is C21H38N2O6S. The maximum Gasteiger partial charge on any atom is 0.238 e. The first-order valence-corrected chi connectivity index (χ1v) is 11.4. The Balaban J connectivity index is 2.47. The number of hydrazine groups is 1. The molecule has 0 saturated heterocycles. The second-order valence-electron chi connectivity index (χ2n) is 7.62. The Morgan fingerprint density at radius 3 is 2.53 bits per heavy atom. The number of hydrogen-bond donors (Lipinski definition) is 3. The van der Waals surface area contributed by atoms with Crippen LogP contribution in [0.3, 0.4) is 0 Å². The summed E-state index contributed by atoms with van der Waals surface area (Å²) >= 11 is 4.64. The van der Waals surface area contributed by atoms with Gasteiger partial charge in [0.25, 0.3) is 0 Å². The van der Waals surface area contributed by atoms with Gasteiger partial charge in [-0.05, 0) is 24.1 Å². The van der Waals surface area contributed by atoms with Crippen molar-refractivity contribution in [2.24, 2.45) is 5.92 Å². The lowest BCUT2D eigenvalue weighted by molar-refractivity contribution is -0.188. The van der Waals surface area contributed by atoms with E-state index in [4.69, 9.17) is 14.2 Å². The van der Waals surface area contributed by atoms with Crippen LogP contribution in [0.25, 0.3) is 0 Å². The lowest BCUT2D eigenvalue weighted by Gasteiger charge is -2.28. The summed E-state index contributed by atoms with van der Waals surface area (Å²) < 4.78 is 16.9. The summed E-state index contributed by atoms with van der Waals surface area (Å²) in [5, 5.41) is 10.7. The molecule has 1 aliphatic carbocycles. The maximum atomic E-state index is 11.6. The molecule has 8 nitrogen and oxygen atoms in total. The number of hydrogen-bond acceptors (Lipinski definition) is 8. The normalized spacial score (nSPS) is 18.6. The van der Waals surface area contributed by atoms with Crippen molar-refractivity contribution in [2.45, 2.75) is 82.7 Å². The second kappa shape index (κ2) is 17.7. The number of methoxy groups -OCH3 is 1. The van der Waals surface area contributed by atoms with E-state index in [2.05, 4.69) is 23.1 Å². The summed E-state index contributed by atoms with van der Waals surface area (Å²) in [7, 11) is 1.46. The lowest BCUT2D eigenvalue weighted by Crippen LogP contribution is -2.46. The Morgan fingerprint density at radius 1 is 1.23 bits per heavy atom. The molecule has 1 aliphatic rings. The number of thiocarbonyl (C=S) groups is 1. The van der Waals surface area contributed by atoms with Crippen molar-refractivity contribution in [1.82, 2.24) is 10.9 Å². The average Bonchev–Trinajstić information content (AvgIpc) is 2.71. The molecule has 0 spiro atoms. The van der Waals surface area contributed by atoms with Gasteiger partial charge in [0.05, 0.1) is 19.1 Å². The summed E-state index contributed by atoms with van der Waals surface area (Å²) in [6, 6.07) is 0. The first-order valence-electron chi connectivity index (χ1n) is 11.0. The van der Waals surface area contributed by atoms with Crippen LogP contribution in [0.1, 0.15) is 64.2 Å². The molecule has 1 rings (SSSR count). The van der Waals surface area contributed by atoms with Crippen LogP contribution in [0.5, 0.6) is 0 Å². The van der Waals surface area contributed by atoms with Crippen LogP contribution >= 0.6 is 12.2 Å². The topological polar surface area (TPSA) is 106 Å². The largest absolute Gasteiger partial charge is 0.396 e. The summed E-state index contributed by atoms with van der Waals surface area (Å²) in [5.74, 6) is 0.372. The molecule has 1 fully saturated rings. The first kappa shape index (κ1) is 27.1.